The van der Waals surface area contributed by atoms with Crippen LogP contribution in [-0.4, -0.2) is 23.8 Å². The number of hydrogen-bond acceptors (Lipinski definition) is 3. The molecule has 1 aromatic carbocycles. The maximum atomic E-state index is 11.9. The number of hydrazone groups is 1. The van der Waals surface area contributed by atoms with Crippen molar-refractivity contribution in [1.29, 1.82) is 0 Å². The van der Waals surface area contributed by atoms with Crippen molar-refractivity contribution in [3.8, 4) is 5.75 Å². The van der Waals surface area contributed by atoms with Crippen molar-refractivity contribution in [2.45, 2.75) is 0 Å². The molecule has 0 unspecified atom stereocenters. The highest BCUT2D eigenvalue weighted by Gasteiger charge is 2.08. The van der Waals surface area contributed by atoms with Crippen molar-refractivity contribution in [3.05, 3.63) is 51.4 Å². The molecular formula is C14H14IN3O2. The van der Waals surface area contributed by atoms with E-state index in [1.165, 1.54) is 0 Å². The molecule has 1 N–H and O–H groups in total. The van der Waals surface area contributed by atoms with Gasteiger partial charge in [0.25, 0.3) is 5.91 Å². The molecule has 2 rings (SSSR count). The summed E-state index contributed by atoms with van der Waals surface area (Å²) < 4.78 is 8.05. The summed E-state index contributed by atoms with van der Waals surface area (Å²) in [5.74, 6) is 0.400. The molecule has 0 fully saturated rings. The van der Waals surface area contributed by atoms with Crippen LogP contribution in [0.5, 0.6) is 5.75 Å². The van der Waals surface area contributed by atoms with Crippen LogP contribution in [0.3, 0.4) is 0 Å². The van der Waals surface area contributed by atoms with Crippen molar-refractivity contribution >= 4 is 34.7 Å². The van der Waals surface area contributed by atoms with E-state index in [4.69, 9.17) is 4.74 Å². The van der Waals surface area contributed by atoms with E-state index in [1.54, 1.807) is 25.5 Å². The number of amides is 1. The Balaban J connectivity index is 2.03. The summed E-state index contributed by atoms with van der Waals surface area (Å²) in [4.78, 5) is 11.9. The highest BCUT2D eigenvalue weighted by molar-refractivity contribution is 14.1. The molecule has 0 atom stereocenters. The number of benzene rings is 1. The monoisotopic (exact) mass is 383 g/mol. The standard InChI is InChI=1S/C14H14IN3O2/c1-18-6-5-10(9-18)8-16-17-14(19)11-3-4-12(15)13(7-11)20-2/h3-9H,1-2H3,(H,17,19)/b16-8+. The molecular weight excluding hydrogens is 369 g/mol. The molecule has 0 aliphatic heterocycles. The SMILES string of the molecule is COc1cc(C(=O)N/N=C/c2ccn(C)c2)ccc1I. The minimum atomic E-state index is -0.271. The molecule has 5 nitrogen and oxygen atoms in total. The van der Waals surface area contributed by atoms with Gasteiger partial charge >= 0.3 is 0 Å². The number of carbonyl (C=O) groups is 1. The van der Waals surface area contributed by atoms with E-state index < -0.39 is 0 Å². The van der Waals surface area contributed by atoms with Crippen LogP contribution in [0.4, 0.5) is 0 Å². The van der Waals surface area contributed by atoms with E-state index in [9.17, 15) is 4.79 Å². The Kier molecular flexibility index (Phi) is 4.78. The Bertz CT molecular complexity index is 650. The number of carbonyl (C=O) groups excluding carboxylic acids is 1. The van der Waals surface area contributed by atoms with Gasteiger partial charge in [-0.05, 0) is 46.9 Å². The van der Waals surface area contributed by atoms with Crippen molar-refractivity contribution in [2.75, 3.05) is 7.11 Å². The molecule has 1 amide bonds. The van der Waals surface area contributed by atoms with Gasteiger partial charge in [-0.15, -0.1) is 0 Å². The molecule has 1 heterocycles. The third-order valence-corrected chi connectivity index (χ3v) is 3.54. The van der Waals surface area contributed by atoms with Crippen molar-refractivity contribution < 1.29 is 9.53 Å². The molecule has 1 aromatic heterocycles. The van der Waals surface area contributed by atoms with Crippen LogP contribution in [0.15, 0.2) is 41.8 Å². The maximum absolute atomic E-state index is 11.9. The number of aryl methyl sites for hydroxylation is 1. The first-order chi connectivity index (χ1) is 9.60. The van der Waals surface area contributed by atoms with Crippen LogP contribution in [0.2, 0.25) is 0 Å². The number of nitrogens with one attached hydrogen (secondary N) is 1. The smallest absolute Gasteiger partial charge is 0.271 e. The first kappa shape index (κ1) is 14.6. The molecule has 0 bridgehead atoms. The second-order valence-electron chi connectivity index (χ2n) is 4.16. The topological polar surface area (TPSA) is 55.6 Å². The number of halogens is 1. The number of ether oxygens (including phenoxy) is 1. The van der Waals surface area contributed by atoms with Crippen molar-refractivity contribution in [1.82, 2.24) is 9.99 Å². The Morgan fingerprint density at radius 1 is 1.45 bits per heavy atom. The van der Waals surface area contributed by atoms with E-state index >= 15 is 0 Å². The summed E-state index contributed by atoms with van der Waals surface area (Å²) >= 11 is 2.15. The summed E-state index contributed by atoms with van der Waals surface area (Å²) in [5.41, 5.74) is 3.92. The largest absolute Gasteiger partial charge is 0.496 e. The van der Waals surface area contributed by atoms with Gasteiger partial charge in [-0.25, -0.2) is 5.43 Å². The highest BCUT2D eigenvalue weighted by Crippen LogP contribution is 2.21. The number of methoxy groups -OCH3 is 1. The van der Waals surface area contributed by atoms with Gasteiger partial charge in [0, 0.05) is 30.6 Å². The lowest BCUT2D eigenvalue weighted by molar-refractivity contribution is 0.0955. The molecule has 2 aromatic rings. The lowest BCUT2D eigenvalue weighted by atomic mass is 10.2. The predicted molar refractivity (Wildman–Crippen MR) is 86.2 cm³/mol. The van der Waals surface area contributed by atoms with Gasteiger partial charge in [0.05, 0.1) is 16.9 Å². The van der Waals surface area contributed by atoms with Crippen LogP contribution in [0.1, 0.15) is 15.9 Å². The normalized spacial score (nSPS) is 10.8. The molecule has 20 heavy (non-hydrogen) atoms. The van der Waals surface area contributed by atoms with Crippen LogP contribution in [0.25, 0.3) is 0 Å². The Labute approximate surface area is 130 Å². The third-order valence-electron chi connectivity index (χ3n) is 2.65. The first-order valence-corrected chi connectivity index (χ1v) is 6.97. The predicted octanol–water partition coefficient (Wildman–Crippen LogP) is 2.40. The Hall–Kier alpha value is -1.83. The van der Waals surface area contributed by atoms with E-state index in [2.05, 4.69) is 33.1 Å². The molecule has 104 valence electrons. The molecule has 0 radical (unpaired) electrons. The van der Waals surface area contributed by atoms with Crippen LogP contribution in [-0.2, 0) is 7.05 Å². The van der Waals surface area contributed by atoms with Gasteiger partial charge in [0.1, 0.15) is 5.75 Å². The summed E-state index contributed by atoms with van der Waals surface area (Å²) in [6, 6.07) is 7.16. The molecule has 0 aliphatic rings. The van der Waals surface area contributed by atoms with Gasteiger partial charge in [-0.1, -0.05) is 0 Å². The number of hydrogen-bond donors (Lipinski definition) is 1. The van der Waals surface area contributed by atoms with Gasteiger partial charge in [-0.3, -0.25) is 4.79 Å². The summed E-state index contributed by atoms with van der Waals surface area (Å²) in [6.07, 6.45) is 5.42. The molecule has 0 saturated carbocycles. The average Bonchev–Trinajstić information content (AvgIpc) is 2.85. The van der Waals surface area contributed by atoms with Crippen LogP contribution in [0, 0.1) is 3.57 Å². The van der Waals surface area contributed by atoms with E-state index in [-0.39, 0.29) is 5.91 Å². The van der Waals surface area contributed by atoms with Gasteiger partial charge in [0.2, 0.25) is 0 Å². The van der Waals surface area contributed by atoms with Gasteiger partial charge in [0.15, 0.2) is 0 Å². The first-order valence-electron chi connectivity index (χ1n) is 5.89. The van der Waals surface area contributed by atoms with Gasteiger partial charge < -0.3 is 9.30 Å². The zero-order chi connectivity index (χ0) is 14.5. The Morgan fingerprint density at radius 2 is 2.25 bits per heavy atom. The fraction of sp³-hybridized carbons (Fsp3) is 0.143. The zero-order valence-electron chi connectivity index (χ0n) is 11.1. The van der Waals surface area contributed by atoms with Gasteiger partial charge in [-0.2, -0.15) is 5.10 Å². The van der Waals surface area contributed by atoms with Crippen molar-refractivity contribution in [2.24, 2.45) is 12.1 Å². The summed E-state index contributed by atoms with van der Waals surface area (Å²) in [6.45, 7) is 0. The lowest BCUT2D eigenvalue weighted by Gasteiger charge is -2.05. The van der Waals surface area contributed by atoms with E-state index in [0.29, 0.717) is 11.3 Å². The summed E-state index contributed by atoms with van der Waals surface area (Å²) in [7, 11) is 3.50. The molecule has 0 saturated heterocycles. The van der Waals surface area contributed by atoms with Crippen molar-refractivity contribution in [3.63, 3.8) is 0 Å². The average molecular weight is 383 g/mol. The zero-order valence-corrected chi connectivity index (χ0v) is 13.3. The third kappa shape index (κ3) is 3.60. The lowest BCUT2D eigenvalue weighted by Crippen LogP contribution is -2.17. The number of rotatable bonds is 4. The fourth-order valence-corrected chi connectivity index (χ4v) is 2.19. The molecule has 0 spiro atoms. The quantitative estimate of drug-likeness (QED) is 0.501. The van der Waals surface area contributed by atoms with Crippen LogP contribution >= 0.6 is 22.6 Å². The minimum absolute atomic E-state index is 0.271. The second kappa shape index (κ2) is 6.56. The summed E-state index contributed by atoms with van der Waals surface area (Å²) in [5, 5.41) is 3.93. The maximum Gasteiger partial charge on any atom is 0.271 e. The van der Waals surface area contributed by atoms with E-state index in [1.807, 2.05) is 36.1 Å². The number of nitrogens with zero attached hydrogens (tertiary/aromatic N) is 2. The minimum Gasteiger partial charge on any atom is -0.496 e. The second-order valence-corrected chi connectivity index (χ2v) is 5.32. The number of aromatic nitrogens is 1. The highest BCUT2D eigenvalue weighted by atomic mass is 127. The molecule has 0 aliphatic carbocycles. The Morgan fingerprint density at radius 3 is 2.90 bits per heavy atom. The fourth-order valence-electron chi connectivity index (χ4n) is 1.63. The van der Waals surface area contributed by atoms with E-state index in [0.717, 1.165) is 9.13 Å². The van der Waals surface area contributed by atoms with Crippen LogP contribution < -0.4 is 10.2 Å². The molecule has 6 heteroatoms.